The summed E-state index contributed by atoms with van der Waals surface area (Å²) in [6, 6.07) is 4.02. The van der Waals surface area contributed by atoms with Crippen LogP contribution in [0.25, 0.3) is 0 Å². The lowest BCUT2D eigenvalue weighted by molar-refractivity contribution is -0.142. The number of phenols is 1. The molecule has 0 saturated carbocycles. The van der Waals surface area contributed by atoms with E-state index in [9.17, 15) is 14.7 Å². The zero-order valence-electron chi connectivity index (χ0n) is 21.0. The molecule has 0 amide bonds. The summed E-state index contributed by atoms with van der Waals surface area (Å²) in [5.41, 5.74) is 2.45. The molecule has 1 aliphatic rings. The normalized spacial score (nSPS) is 15.5. The lowest BCUT2D eigenvalue weighted by Gasteiger charge is -2.28. The third-order valence-corrected chi connectivity index (χ3v) is 6.52. The molecular weight excluding hydrogens is 438 g/mol. The highest BCUT2D eigenvalue weighted by Crippen LogP contribution is 2.40. The lowest BCUT2D eigenvalue weighted by Crippen LogP contribution is -2.59. The first-order chi connectivity index (χ1) is 15.4. The van der Waals surface area contributed by atoms with Gasteiger partial charge in [0.15, 0.2) is 5.78 Å². The molecule has 0 spiro atoms. The van der Waals surface area contributed by atoms with Crippen LogP contribution in [-0.4, -0.2) is 54.5 Å². The highest BCUT2D eigenvalue weighted by molar-refractivity contribution is 7.99. The Kier molecular flexibility index (Phi) is 10.2. The maximum absolute atomic E-state index is 12.2. The molecule has 8 heteroatoms. The maximum atomic E-state index is 12.2. The summed E-state index contributed by atoms with van der Waals surface area (Å²) in [4.78, 5) is 24.3. The molecule has 0 aliphatic carbocycles. The van der Waals surface area contributed by atoms with Gasteiger partial charge in [-0.15, -0.1) is 0 Å². The van der Waals surface area contributed by atoms with Crippen molar-refractivity contribution in [1.82, 2.24) is 16.0 Å². The van der Waals surface area contributed by atoms with E-state index >= 15 is 0 Å². The molecular formula is C25H41N3O4S. The Morgan fingerprint density at radius 2 is 1.58 bits per heavy atom. The molecule has 1 aromatic carbocycles. The van der Waals surface area contributed by atoms with Crippen LogP contribution in [0.2, 0.25) is 0 Å². The number of hydrogen-bond donors (Lipinski definition) is 4. The van der Waals surface area contributed by atoms with Crippen molar-refractivity contribution in [3.05, 3.63) is 28.8 Å². The van der Waals surface area contributed by atoms with E-state index in [0.717, 1.165) is 16.7 Å². The van der Waals surface area contributed by atoms with Crippen LogP contribution in [0.5, 0.6) is 5.75 Å². The Morgan fingerprint density at radius 3 is 2.12 bits per heavy atom. The van der Waals surface area contributed by atoms with Gasteiger partial charge in [-0.1, -0.05) is 53.7 Å². The molecule has 0 unspecified atom stereocenters. The number of aryl methyl sites for hydroxylation is 1. The van der Waals surface area contributed by atoms with E-state index in [-0.39, 0.29) is 28.7 Å². The summed E-state index contributed by atoms with van der Waals surface area (Å²) < 4.78 is 5.38. The van der Waals surface area contributed by atoms with E-state index in [1.165, 1.54) is 0 Å². The molecule has 1 saturated heterocycles. The van der Waals surface area contributed by atoms with Gasteiger partial charge in [0.25, 0.3) is 0 Å². The van der Waals surface area contributed by atoms with Crippen LogP contribution in [0.1, 0.15) is 71.1 Å². The monoisotopic (exact) mass is 479 g/mol. The van der Waals surface area contributed by atoms with Gasteiger partial charge in [-0.3, -0.25) is 25.5 Å². The minimum absolute atomic E-state index is 0.152. The second-order valence-electron chi connectivity index (χ2n) is 10.5. The highest BCUT2D eigenvalue weighted by atomic mass is 32.2. The minimum atomic E-state index is -0.276. The fourth-order valence-corrected chi connectivity index (χ4v) is 4.40. The van der Waals surface area contributed by atoms with Crippen molar-refractivity contribution in [2.45, 2.75) is 77.8 Å². The summed E-state index contributed by atoms with van der Waals surface area (Å²) in [5.74, 6) is 1.66. The third-order valence-electron chi connectivity index (χ3n) is 5.57. The smallest absolute Gasteiger partial charge is 0.306 e. The average molecular weight is 480 g/mol. The first-order valence-corrected chi connectivity index (χ1v) is 12.9. The van der Waals surface area contributed by atoms with Crippen LogP contribution in [0.3, 0.4) is 0 Å². The maximum Gasteiger partial charge on any atom is 0.306 e. The fourth-order valence-electron chi connectivity index (χ4n) is 3.64. The second kappa shape index (κ2) is 12.2. The number of benzene rings is 1. The van der Waals surface area contributed by atoms with Gasteiger partial charge in [-0.25, -0.2) is 0 Å². The number of Topliss-reactive ketones (excluding diaryl/α,β-unsaturated/α-hetero) is 1. The molecule has 1 aliphatic heterocycles. The molecule has 33 heavy (non-hydrogen) atoms. The number of esters is 1. The zero-order valence-corrected chi connectivity index (χ0v) is 21.8. The van der Waals surface area contributed by atoms with Crippen LogP contribution in [0.4, 0.5) is 0 Å². The van der Waals surface area contributed by atoms with Crippen molar-refractivity contribution in [3.63, 3.8) is 0 Å². The molecule has 0 bridgehead atoms. The SMILES string of the molecule is CC(C)(C)c1cc(CCC(=O)OCCSCCC(=O)C2NCNCN2)cc(C(C)(C)C)c1O. The van der Waals surface area contributed by atoms with E-state index in [1.54, 1.807) is 11.8 Å². The van der Waals surface area contributed by atoms with E-state index in [2.05, 4.69) is 57.5 Å². The first kappa shape index (κ1) is 27.6. The summed E-state index contributed by atoms with van der Waals surface area (Å²) >= 11 is 1.62. The van der Waals surface area contributed by atoms with Crippen molar-refractivity contribution in [2.75, 3.05) is 31.4 Å². The van der Waals surface area contributed by atoms with Gasteiger partial charge in [0.2, 0.25) is 0 Å². The molecule has 0 aromatic heterocycles. The largest absolute Gasteiger partial charge is 0.507 e. The number of carbonyl (C=O) groups excluding carboxylic acids is 2. The van der Waals surface area contributed by atoms with Gasteiger partial charge in [-0.05, 0) is 33.9 Å². The Hall–Kier alpha value is -1.61. The van der Waals surface area contributed by atoms with Gasteiger partial charge in [0, 0.05) is 37.7 Å². The molecule has 4 N–H and O–H groups in total. The van der Waals surface area contributed by atoms with Crippen molar-refractivity contribution in [2.24, 2.45) is 0 Å². The van der Waals surface area contributed by atoms with E-state index < -0.39 is 0 Å². The minimum Gasteiger partial charge on any atom is -0.507 e. The lowest BCUT2D eigenvalue weighted by atomic mass is 9.78. The predicted octanol–water partition coefficient (Wildman–Crippen LogP) is 3.18. The summed E-state index contributed by atoms with van der Waals surface area (Å²) in [6.45, 7) is 14.1. The van der Waals surface area contributed by atoms with Crippen molar-refractivity contribution >= 4 is 23.5 Å². The van der Waals surface area contributed by atoms with Crippen LogP contribution in [0.15, 0.2) is 12.1 Å². The Balaban J connectivity index is 1.76. The number of thioether (sulfide) groups is 1. The Labute approximate surface area is 202 Å². The zero-order chi connectivity index (χ0) is 24.6. The number of ether oxygens (including phenoxy) is 1. The molecule has 1 aromatic rings. The molecule has 7 nitrogen and oxygen atoms in total. The second-order valence-corrected chi connectivity index (χ2v) is 11.8. The number of aromatic hydroxyl groups is 1. The molecule has 0 atom stereocenters. The molecule has 1 heterocycles. The fraction of sp³-hybridized carbons (Fsp3) is 0.680. The van der Waals surface area contributed by atoms with Crippen LogP contribution >= 0.6 is 11.8 Å². The van der Waals surface area contributed by atoms with Gasteiger partial charge < -0.3 is 9.84 Å². The summed E-state index contributed by atoms with van der Waals surface area (Å²) in [6.07, 6.45) is 1.08. The molecule has 0 radical (unpaired) electrons. The Morgan fingerprint density at radius 1 is 1.00 bits per heavy atom. The third kappa shape index (κ3) is 8.92. The van der Waals surface area contributed by atoms with Gasteiger partial charge in [0.05, 0.1) is 0 Å². The predicted molar refractivity (Wildman–Crippen MR) is 135 cm³/mol. The average Bonchev–Trinajstić information content (AvgIpc) is 2.74. The standard InChI is InChI=1S/C25H41N3O4S/c1-24(2,3)18-13-17(14-19(22(18)31)25(4,5)6)7-8-21(30)32-10-12-33-11-9-20(29)23-27-15-26-16-28-23/h13-14,23,26-28,31H,7-12,15-16H2,1-6H3. The van der Waals surface area contributed by atoms with Gasteiger partial charge >= 0.3 is 5.97 Å². The van der Waals surface area contributed by atoms with Crippen molar-refractivity contribution in [1.29, 1.82) is 0 Å². The molecule has 2 rings (SSSR count). The summed E-state index contributed by atoms with van der Waals surface area (Å²) in [5, 5.41) is 20.0. The molecule has 186 valence electrons. The van der Waals surface area contributed by atoms with Crippen molar-refractivity contribution < 1.29 is 19.4 Å². The van der Waals surface area contributed by atoms with E-state index in [4.69, 9.17) is 4.74 Å². The van der Waals surface area contributed by atoms with Crippen LogP contribution in [0, 0.1) is 0 Å². The number of rotatable bonds is 10. The van der Waals surface area contributed by atoms with Gasteiger partial charge in [-0.2, -0.15) is 11.8 Å². The molecule has 1 fully saturated rings. The number of carbonyl (C=O) groups is 2. The number of nitrogens with one attached hydrogen (secondary N) is 3. The van der Waals surface area contributed by atoms with Crippen LogP contribution < -0.4 is 16.0 Å². The van der Waals surface area contributed by atoms with Crippen molar-refractivity contribution in [3.8, 4) is 5.75 Å². The number of ketones is 1. The van der Waals surface area contributed by atoms with E-state index in [1.807, 2.05) is 12.1 Å². The number of hydrogen-bond acceptors (Lipinski definition) is 8. The summed E-state index contributed by atoms with van der Waals surface area (Å²) in [7, 11) is 0. The number of phenolic OH excluding ortho intramolecular Hbond substituents is 1. The highest BCUT2D eigenvalue weighted by Gasteiger charge is 2.26. The first-order valence-electron chi connectivity index (χ1n) is 11.7. The quantitative estimate of drug-likeness (QED) is 0.300. The van der Waals surface area contributed by atoms with E-state index in [0.29, 0.717) is 56.5 Å². The van der Waals surface area contributed by atoms with Gasteiger partial charge in [0.1, 0.15) is 18.5 Å². The Bertz CT molecular complexity index is 774. The van der Waals surface area contributed by atoms with Crippen LogP contribution in [-0.2, 0) is 31.6 Å². The topological polar surface area (TPSA) is 99.7 Å².